The van der Waals surface area contributed by atoms with Crippen LogP contribution >= 0.6 is 0 Å². The molecule has 0 saturated heterocycles. The summed E-state index contributed by atoms with van der Waals surface area (Å²) in [6, 6.07) is 10.8. The molecule has 1 N–H and O–H groups in total. The first-order valence-electron chi connectivity index (χ1n) is 7.03. The van der Waals surface area contributed by atoms with Crippen LogP contribution in [0.4, 0.5) is 4.39 Å². The van der Waals surface area contributed by atoms with E-state index in [0.29, 0.717) is 11.5 Å². The average molecular weight is 314 g/mol. The summed E-state index contributed by atoms with van der Waals surface area (Å²) < 4.78 is 24.4. The molecule has 1 aliphatic rings. The van der Waals surface area contributed by atoms with Crippen LogP contribution in [-0.2, 0) is 9.53 Å². The van der Waals surface area contributed by atoms with Crippen LogP contribution in [0.3, 0.4) is 0 Å². The number of carbonyl (C=O) groups excluding carboxylic acids is 1. The highest BCUT2D eigenvalue weighted by Crippen LogP contribution is 2.30. The zero-order chi connectivity index (χ0) is 16.4. The number of benzene rings is 2. The van der Waals surface area contributed by atoms with Gasteiger partial charge in [-0.2, -0.15) is 0 Å². The second-order valence-electron chi connectivity index (χ2n) is 5.07. The minimum absolute atomic E-state index is 0.0522. The van der Waals surface area contributed by atoms with E-state index in [9.17, 15) is 9.18 Å². The zero-order valence-electron chi connectivity index (χ0n) is 12.7. The molecule has 0 atom stereocenters. The number of nitrogens with one attached hydrogen (secondary N) is 1. The molecule has 23 heavy (non-hydrogen) atoms. The summed E-state index contributed by atoms with van der Waals surface area (Å²) in [5.74, 6) is -0.0659. The van der Waals surface area contributed by atoms with Crippen LogP contribution in [-0.4, -0.2) is 25.5 Å². The fraction of sp³-hybridized carbons (Fsp3) is 0.176. The van der Waals surface area contributed by atoms with Crippen LogP contribution in [0.2, 0.25) is 0 Å². The highest BCUT2D eigenvalue weighted by atomic mass is 19.1. The van der Waals surface area contributed by atoms with Gasteiger partial charge in [-0.15, -0.1) is 5.10 Å². The Labute approximate surface area is 132 Å². The molecule has 2 aromatic rings. The maximum absolute atomic E-state index is 14.2. The van der Waals surface area contributed by atoms with Crippen LogP contribution in [0.25, 0.3) is 11.1 Å². The van der Waals surface area contributed by atoms with E-state index in [1.165, 1.54) is 7.11 Å². The minimum Gasteiger partial charge on any atom is -0.494 e. The Hall–Kier alpha value is -2.89. The highest BCUT2D eigenvalue weighted by molar-refractivity contribution is 5.98. The molecule has 0 radical (unpaired) electrons. The van der Waals surface area contributed by atoms with E-state index in [-0.39, 0.29) is 24.1 Å². The van der Waals surface area contributed by atoms with E-state index in [0.717, 1.165) is 16.7 Å². The van der Waals surface area contributed by atoms with Crippen molar-refractivity contribution in [3.05, 3.63) is 53.3 Å². The third-order valence-electron chi connectivity index (χ3n) is 3.64. The monoisotopic (exact) mass is 314 g/mol. The lowest BCUT2D eigenvalue weighted by Crippen LogP contribution is -2.32. The van der Waals surface area contributed by atoms with Crippen molar-refractivity contribution < 1.29 is 18.7 Å². The standard InChI is InChI=1S/C17H15FN2O3/c1-10-13(7-8-14(22-2)16(10)18)11-3-5-12(6-4-11)17-20-19-15(21)9-23-17/h3-8H,9H2,1-2H3,(H,19,21). The Balaban J connectivity index is 1.91. The maximum Gasteiger partial charge on any atom is 0.278 e. The largest absolute Gasteiger partial charge is 0.494 e. The lowest BCUT2D eigenvalue weighted by atomic mass is 9.98. The first-order valence-corrected chi connectivity index (χ1v) is 7.03. The molecule has 3 rings (SSSR count). The summed E-state index contributed by atoms with van der Waals surface area (Å²) in [6.07, 6.45) is 0. The number of hydrogen-bond acceptors (Lipinski definition) is 4. The molecule has 0 spiro atoms. The average Bonchev–Trinajstić information content (AvgIpc) is 2.58. The number of hydrogen-bond donors (Lipinski definition) is 1. The van der Waals surface area contributed by atoms with Crippen molar-refractivity contribution in [2.75, 3.05) is 13.7 Å². The SMILES string of the molecule is COc1ccc(-c2ccc(C3=NNC(=O)CO3)cc2)c(C)c1F. The topological polar surface area (TPSA) is 59.9 Å². The number of nitrogens with zero attached hydrogens (tertiary/aromatic N) is 1. The van der Waals surface area contributed by atoms with Gasteiger partial charge >= 0.3 is 0 Å². The molecule has 6 heteroatoms. The predicted molar refractivity (Wildman–Crippen MR) is 83.8 cm³/mol. The molecule has 0 aliphatic carbocycles. The molecule has 0 fully saturated rings. The summed E-state index contributed by atoms with van der Waals surface area (Å²) in [5.41, 5.74) is 5.28. The van der Waals surface area contributed by atoms with Gasteiger partial charge in [0.2, 0.25) is 5.90 Å². The van der Waals surface area contributed by atoms with Crippen molar-refractivity contribution in [1.29, 1.82) is 0 Å². The molecule has 1 amide bonds. The Morgan fingerprint density at radius 2 is 1.87 bits per heavy atom. The Kier molecular flexibility index (Phi) is 3.97. The summed E-state index contributed by atoms with van der Waals surface area (Å²) in [4.78, 5) is 11.0. The van der Waals surface area contributed by atoms with Gasteiger partial charge in [-0.25, -0.2) is 9.82 Å². The molecular weight excluding hydrogens is 299 g/mol. The second-order valence-corrected chi connectivity index (χ2v) is 5.07. The third-order valence-corrected chi connectivity index (χ3v) is 3.64. The fourth-order valence-corrected chi connectivity index (χ4v) is 2.38. The van der Waals surface area contributed by atoms with E-state index in [2.05, 4.69) is 10.5 Å². The van der Waals surface area contributed by atoms with Crippen molar-refractivity contribution in [1.82, 2.24) is 5.43 Å². The van der Waals surface area contributed by atoms with Gasteiger partial charge in [-0.3, -0.25) is 4.79 Å². The molecule has 2 aromatic carbocycles. The third kappa shape index (κ3) is 2.88. The van der Waals surface area contributed by atoms with Gasteiger partial charge in [0.15, 0.2) is 18.2 Å². The van der Waals surface area contributed by atoms with Gasteiger partial charge in [0.25, 0.3) is 5.91 Å². The highest BCUT2D eigenvalue weighted by Gasteiger charge is 2.15. The number of hydrazone groups is 1. The Morgan fingerprint density at radius 1 is 1.17 bits per heavy atom. The minimum atomic E-state index is -0.364. The molecular formula is C17H15FN2O3. The number of amides is 1. The lowest BCUT2D eigenvalue weighted by molar-refractivity contribution is -0.124. The molecule has 118 valence electrons. The van der Waals surface area contributed by atoms with Crippen LogP contribution in [0.15, 0.2) is 41.5 Å². The first kappa shape index (κ1) is 15.0. The normalized spacial score (nSPS) is 13.9. The second kappa shape index (κ2) is 6.08. The first-order chi connectivity index (χ1) is 11.1. The number of ether oxygens (including phenoxy) is 2. The predicted octanol–water partition coefficient (Wildman–Crippen LogP) is 2.62. The zero-order valence-corrected chi connectivity index (χ0v) is 12.7. The van der Waals surface area contributed by atoms with Crippen LogP contribution in [0, 0.1) is 12.7 Å². The molecule has 0 unspecified atom stereocenters. The summed E-state index contributed by atoms with van der Waals surface area (Å²) in [5, 5.41) is 3.86. The molecule has 0 aromatic heterocycles. The van der Waals surface area contributed by atoms with Gasteiger partial charge in [0.1, 0.15) is 0 Å². The van der Waals surface area contributed by atoms with Crippen molar-refractivity contribution in [3.8, 4) is 16.9 Å². The number of methoxy groups -OCH3 is 1. The van der Waals surface area contributed by atoms with E-state index in [1.54, 1.807) is 13.0 Å². The van der Waals surface area contributed by atoms with Gasteiger partial charge in [0, 0.05) is 5.56 Å². The molecule has 0 bridgehead atoms. The number of carbonyl (C=O) groups is 1. The van der Waals surface area contributed by atoms with Crippen molar-refractivity contribution in [2.45, 2.75) is 6.92 Å². The Bertz CT molecular complexity index is 785. The summed E-state index contributed by atoms with van der Waals surface area (Å²) in [7, 11) is 1.44. The quantitative estimate of drug-likeness (QED) is 0.947. The van der Waals surface area contributed by atoms with Crippen LogP contribution in [0.5, 0.6) is 5.75 Å². The molecule has 0 saturated carbocycles. The van der Waals surface area contributed by atoms with Crippen molar-refractivity contribution in [3.63, 3.8) is 0 Å². The van der Waals surface area contributed by atoms with Gasteiger partial charge < -0.3 is 9.47 Å². The van der Waals surface area contributed by atoms with Crippen molar-refractivity contribution in [2.24, 2.45) is 5.10 Å². The van der Waals surface area contributed by atoms with Crippen LogP contribution < -0.4 is 10.2 Å². The molecule has 1 aliphatic heterocycles. The lowest BCUT2D eigenvalue weighted by Gasteiger charge is -2.14. The van der Waals surface area contributed by atoms with Gasteiger partial charge in [-0.05, 0) is 41.8 Å². The van der Waals surface area contributed by atoms with E-state index < -0.39 is 0 Å². The van der Waals surface area contributed by atoms with Gasteiger partial charge in [0.05, 0.1) is 7.11 Å². The maximum atomic E-state index is 14.2. The van der Waals surface area contributed by atoms with E-state index in [1.807, 2.05) is 30.3 Å². The number of halogens is 1. The fourth-order valence-electron chi connectivity index (χ4n) is 2.38. The van der Waals surface area contributed by atoms with Gasteiger partial charge in [-0.1, -0.05) is 18.2 Å². The van der Waals surface area contributed by atoms with E-state index in [4.69, 9.17) is 9.47 Å². The van der Waals surface area contributed by atoms with E-state index >= 15 is 0 Å². The van der Waals surface area contributed by atoms with Crippen molar-refractivity contribution >= 4 is 11.8 Å². The summed E-state index contributed by atoms with van der Waals surface area (Å²) in [6.45, 7) is 1.66. The molecule has 1 heterocycles. The smallest absolute Gasteiger partial charge is 0.278 e. The number of rotatable bonds is 3. The summed E-state index contributed by atoms with van der Waals surface area (Å²) >= 11 is 0. The Morgan fingerprint density at radius 3 is 2.48 bits per heavy atom. The van der Waals surface area contributed by atoms with Crippen LogP contribution in [0.1, 0.15) is 11.1 Å². The molecule has 5 nitrogen and oxygen atoms in total.